The van der Waals surface area contributed by atoms with Crippen molar-refractivity contribution in [2.45, 2.75) is 38.5 Å². The molecule has 3 fully saturated rings. The van der Waals surface area contributed by atoms with Gasteiger partial charge in [-0.1, -0.05) is 6.42 Å². The van der Waals surface area contributed by atoms with Gasteiger partial charge in [-0.25, -0.2) is 0 Å². The van der Waals surface area contributed by atoms with Crippen molar-refractivity contribution in [2.75, 3.05) is 19.6 Å². The summed E-state index contributed by atoms with van der Waals surface area (Å²) in [6, 6.07) is 0. The maximum absolute atomic E-state index is 11.6. The van der Waals surface area contributed by atoms with Crippen LogP contribution in [0.2, 0.25) is 0 Å². The fraction of sp³-hybridized carbons (Fsp3) is 0.929. The van der Waals surface area contributed by atoms with Gasteiger partial charge in [-0.2, -0.15) is 0 Å². The molecule has 3 atom stereocenters. The third-order valence-corrected chi connectivity index (χ3v) is 4.86. The molecule has 3 nitrogen and oxygen atoms in total. The van der Waals surface area contributed by atoms with E-state index in [-0.39, 0.29) is 5.91 Å². The van der Waals surface area contributed by atoms with Crippen LogP contribution in [0.15, 0.2) is 0 Å². The lowest BCUT2D eigenvalue weighted by Crippen LogP contribution is -2.38. The van der Waals surface area contributed by atoms with E-state index in [9.17, 15) is 4.79 Å². The zero-order chi connectivity index (χ0) is 11.7. The smallest absolute Gasteiger partial charge is 0.233 e. The van der Waals surface area contributed by atoms with Crippen LogP contribution in [0, 0.1) is 23.7 Å². The Morgan fingerprint density at radius 1 is 1.06 bits per heavy atom. The van der Waals surface area contributed by atoms with Crippen molar-refractivity contribution < 1.29 is 4.79 Å². The van der Waals surface area contributed by atoms with E-state index >= 15 is 0 Å². The van der Waals surface area contributed by atoms with Crippen LogP contribution in [-0.2, 0) is 4.79 Å². The molecule has 0 radical (unpaired) electrons. The lowest BCUT2D eigenvalue weighted by Gasteiger charge is -2.21. The fourth-order valence-electron chi connectivity index (χ4n) is 3.65. The van der Waals surface area contributed by atoms with Gasteiger partial charge in [-0.15, -0.1) is 0 Å². The molecule has 3 unspecified atom stereocenters. The number of carbonyl (C=O) groups is 1. The third kappa shape index (κ3) is 3.01. The van der Waals surface area contributed by atoms with E-state index in [1.807, 2.05) is 0 Å². The molecular weight excluding hydrogens is 212 g/mol. The zero-order valence-electron chi connectivity index (χ0n) is 10.6. The first kappa shape index (κ1) is 11.5. The first-order valence-electron chi connectivity index (χ1n) is 7.28. The van der Waals surface area contributed by atoms with Gasteiger partial charge in [0, 0.05) is 6.54 Å². The Morgan fingerprint density at radius 3 is 2.59 bits per heavy atom. The highest BCUT2D eigenvalue weighted by Gasteiger charge is 2.39. The SMILES string of the molecule is O=C(CNCC1CC1)NCC1CC2CCC1C2. The second-order valence-corrected chi connectivity index (χ2v) is 6.31. The average molecular weight is 236 g/mol. The number of rotatable bonds is 6. The zero-order valence-corrected chi connectivity index (χ0v) is 10.6. The Hall–Kier alpha value is -0.570. The molecule has 2 N–H and O–H groups in total. The molecule has 3 heteroatoms. The third-order valence-electron chi connectivity index (χ3n) is 4.86. The second kappa shape index (κ2) is 4.97. The summed E-state index contributed by atoms with van der Waals surface area (Å²) in [5, 5.41) is 6.35. The Labute approximate surface area is 104 Å². The van der Waals surface area contributed by atoms with E-state index in [0.29, 0.717) is 6.54 Å². The van der Waals surface area contributed by atoms with E-state index in [2.05, 4.69) is 10.6 Å². The summed E-state index contributed by atoms with van der Waals surface area (Å²) >= 11 is 0. The quantitative estimate of drug-likeness (QED) is 0.734. The summed E-state index contributed by atoms with van der Waals surface area (Å²) in [5.41, 5.74) is 0. The molecule has 3 rings (SSSR count). The standard InChI is InChI=1S/C14H24N2O/c17-14(9-15-7-10-1-2-10)16-8-13-6-11-3-4-12(13)5-11/h10-13,15H,1-9H2,(H,16,17). The van der Waals surface area contributed by atoms with Crippen LogP contribution in [0.4, 0.5) is 0 Å². The normalized spacial score (nSPS) is 35.2. The molecular formula is C14H24N2O. The van der Waals surface area contributed by atoms with Gasteiger partial charge >= 0.3 is 0 Å². The van der Waals surface area contributed by atoms with Crippen molar-refractivity contribution in [3.8, 4) is 0 Å². The van der Waals surface area contributed by atoms with E-state index in [1.54, 1.807) is 0 Å². The van der Waals surface area contributed by atoms with Gasteiger partial charge < -0.3 is 10.6 Å². The maximum Gasteiger partial charge on any atom is 0.233 e. The van der Waals surface area contributed by atoms with Gasteiger partial charge in [0.2, 0.25) is 5.91 Å². The number of carbonyl (C=O) groups excluding carboxylic acids is 1. The Balaban J connectivity index is 1.29. The minimum Gasteiger partial charge on any atom is -0.355 e. The van der Waals surface area contributed by atoms with Crippen molar-refractivity contribution in [3.05, 3.63) is 0 Å². The molecule has 0 aliphatic heterocycles. The van der Waals surface area contributed by atoms with Crippen LogP contribution in [0.3, 0.4) is 0 Å². The molecule has 0 aromatic carbocycles. The van der Waals surface area contributed by atoms with Crippen LogP contribution >= 0.6 is 0 Å². The number of amides is 1. The van der Waals surface area contributed by atoms with Crippen molar-refractivity contribution in [2.24, 2.45) is 23.7 Å². The Kier molecular flexibility index (Phi) is 3.37. The molecule has 0 aromatic rings. The van der Waals surface area contributed by atoms with Crippen molar-refractivity contribution >= 4 is 5.91 Å². The molecule has 1 amide bonds. The highest BCUT2D eigenvalue weighted by molar-refractivity contribution is 5.77. The summed E-state index contributed by atoms with van der Waals surface area (Å²) < 4.78 is 0. The Morgan fingerprint density at radius 2 is 1.94 bits per heavy atom. The van der Waals surface area contributed by atoms with Crippen molar-refractivity contribution in [1.82, 2.24) is 10.6 Å². The molecule has 2 bridgehead atoms. The van der Waals surface area contributed by atoms with Gasteiger partial charge in [0.15, 0.2) is 0 Å². The van der Waals surface area contributed by atoms with Crippen LogP contribution in [-0.4, -0.2) is 25.5 Å². The molecule has 0 spiro atoms. The summed E-state index contributed by atoms with van der Waals surface area (Å²) in [6.07, 6.45) is 8.34. The van der Waals surface area contributed by atoms with Crippen molar-refractivity contribution in [1.29, 1.82) is 0 Å². The van der Waals surface area contributed by atoms with Crippen LogP contribution in [0.25, 0.3) is 0 Å². The lowest BCUT2D eigenvalue weighted by molar-refractivity contribution is -0.120. The largest absolute Gasteiger partial charge is 0.355 e. The number of fused-ring (bicyclic) bond motifs is 2. The maximum atomic E-state index is 11.6. The number of hydrogen-bond acceptors (Lipinski definition) is 2. The summed E-state index contributed by atoms with van der Waals surface area (Å²) in [7, 11) is 0. The van der Waals surface area contributed by atoms with Crippen molar-refractivity contribution in [3.63, 3.8) is 0 Å². The highest BCUT2D eigenvalue weighted by Crippen LogP contribution is 2.47. The summed E-state index contributed by atoms with van der Waals surface area (Å²) in [4.78, 5) is 11.6. The number of nitrogens with one attached hydrogen (secondary N) is 2. The molecule has 0 heterocycles. The minimum atomic E-state index is 0.188. The number of hydrogen-bond donors (Lipinski definition) is 2. The predicted octanol–water partition coefficient (Wildman–Crippen LogP) is 1.54. The predicted molar refractivity (Wildman–Crippen MR) is 67.5 cm³/mol. The average Bonchev–Trinajstić information content (AvgIpc) is 2.91. The summed E-state index contributed by atoms with van der Waals surface area (Å²) in [6.45, 7) is 2.46. The highest BCUT2D eigenvalue weighted by atomic mass is 16.1. The first-order chi connectivity index (χ1) is 8.31. The first-order valence-corrected chi connectivity index (χ1v) is 7.28. The van der Waals surface area contributed by atoms with Gasteiger partial charge in [0.25, 0.3) is 0 Å². The topological polar surface area (TPSA) is 41.1 Å². The molecule has 96 valence electrons. The molecule has 0 aromatic heterocycles. The second-order valence-electron chi connectivity index (χ2n) is 6.31. The van der Waals surface area contributed by atoms with E-state index in [4.69, 9.17) is 0 Å². The molecule has 3 aliphatic carbocycles. The van der Waals surface area contributed by atoms with Crippen LogP contribution < -0.4 is 10.6 Å². The lowest BCUT2D eigenvalue weighted by atomic mass is 9.89. The van der Waals surface area contributed by atoms with E-state index in [0.717, 1.165) is 36.8 Å². The van der Waals surface area contributed by atoms with Crippen LogP contribution in [0.1, 0.15) is 38.5 Å². The van der Waals surface area contributed by atoms with Gasteiger partial charge in [-0.05, 0) is 62.3 Å². The fourth-order valence-corrected chi connectivity index (χ4v) is 3.65. The minimum absolute atomic E-state index is 0.188. The van der Waals surface area contributed by atoms with Gasteiger partial charge in [0.1, 0.15) is 0 Å². The molecule has 0 saturated heterocycles. The van der Waals surface area contributed by atoms with Gasteiger partial charge in [-0.3, -0.25) is 4.79 Å². The van der Waals surface area contributed by atoms with E-state index in [1.165, 1.54) is 38.5 Å². The Bertz CT molecular complexity index is 288. The monoisotopic (exact) mass is 236 g/mol. The summed E-state index contributed by atoms with van der Waals surface area (Å²) in [5.74, 6) is 3.72. The van der Waals surface area contributed by atoms with Gasteiger partial charge in [0.05, 0.1) is 6.54 Å². The van der Waals surface area contributed by atoms with Crippen LogP contribution in [0.5, 0.6) is 0 Å². The molecule has 3 aliphatic rings. The molecule has 3 saturated carbocycles. The van der Waals surface area contributed by atoms with E-state index < -0.39 is 0 Å². The molecule has 17 heavy (non-hydrogen) atoms.